The van der Waals surface area contributed by atoms with E-state index in [9.17, 15) is 5.11 Å². The van der Waals surface area contributed by atoms with Gasteiger partial charge in [0, 0.05) is 0 Å². The molecule has 0 fully saturated rings. The Hall–Kier alpha value is 0.200. The molecule has 1 N–H and O–H groups in total. The van der Waals surface area contributed by atoms with Crippen molar-refractivity contribution in [2.45, 2.75) is 45.1 Å². The summed E-state index contributed by atoms with van der Waals surface area (Å²) in [6, 6.07) is 1.81. The van der Waals surface area contributed by atoms with E-state index in [1.165, 1.54) is 19.3 Å². The molecule has 2 nitrogen and oxygen atoms in total. The molecule has 0 aliphatic carbocycles. The summed E-state index contributed by atoms with van der Waals surface area (Å²) in [6.45, 7) is 2.18. The number of halogens is 2. The van der Waals surface area contributed by atoms with Crippen LogP contribution in [0.5, 0.6) is 0 Å². The van der Waals surface area contributed by atoms with Crippen molar-refractivity contribution < 1.29 is 9.52 Å². The first kappa shape index (κ1) is 13.3. The molecule has 1 unspecified atom stereocenters. The molecule has 0 aromatic carbocycles. The second kappa shape index (κ2) is 6.71. The predicted molar refractivity (Wildman–Crippen MR) is 67.8 cm³/mol. The van der Waals surface area contributed by atoms with Gasteiger partial charge in [0.05, 0.1) is 4.47 Å². The normalized spacial score (nSPS) is 13.1. The van der Waals surface area contributed by atoms with Crippen LogP contribution in [-0.4, -0.2) is 5.11 Å². The molecule has 4 heteroatoms. The largest absolute Gasteiger partial charge is 0.450 e. The Balaban J connectivity index is 2.36. The summed E-state index contributed by atoms with van der Waals surface area (Å²) in [5.74, 6) is 0.630. The van der Waals surface area contributed by atoms with Crippen LogP contribution < -0.4 is 0 Å². The molecule has 0 spiro atoms. The minimum absolute atomic E-state index is 0.482. The van der Waals surface area contributed by atoms with Crippen molar-refractivity contribution in [3.05, 3.63) is 21.0 Å². The second-order valence-corrected chi connectivity index (χ2v) is 5.21. The summed E-state index contributed by atoms with van der Waals surface area (Å²) in [7, 11) is 0. The average molecular weight is 340 g/mol. The summed E-state index contributed by atoms with van der Waals surface area (Å²) >= 11 is 6.58. The minimum Gasteiger partial charge on any atom is -0.450 e. The molecule has 86 valence electrons. The van der Waals surface area contributed by atoms with E-state index in [1.807, 2.05) is 6.07 Å². The fraction of sp³-hybridized carbons (Fsp3) is 0.636. The van der Waals surface area contributed by atoms with Gasteiger partial charge in [-0.05, 0) is 44.3 Å². The lowest BCUT2D eigenvalue weighted by Crippen LogP contribution is -1.95. The highest BCUT2D eigenvalue weighted by Gasteiger charge is 2.14. The molecule has 1 heterocycles. The summed E-state index contributed by atoms with van der Waals surface area (Å²) in [5.41, 5.74) is 0. The Morgan fingerprint density at radius 2 is 2.07 bits per heavy atom. The van der Waals surface area contributed by atoms with Crippen molar-refractivity contribution in [2.75, 3.05) is 0 Å². The van der Waals surface area contributed by atoms with Gasteiger partial charge in [-0.2, -0.15) is 0 Å². The third-order valence-corrected chi connectivity index (χ3v) is 4.03. The van der Waals surface area contributed by atoms with Gasteiger partial charge in [-0.1, -0.05) is 32.6 Å². The lowest BCUT2D eigenvalue weighted by atomic mass is 10.1. The molecule has 1 aromatic heterocycles. The van der Waals surface area contributed by atoms with Crippen molar-refractivity contribution in [1.29, 1.82) is 0 Å². The molecule has 0 radical (unpaired) electrons. The quantitative estimate of drug-likeness (QED) is 0.754. The molecule has 0 amide bonds. The average Bonchev–Trinajstić information content (AvgIpc) is 2.54. The van der Waals surface area contributed by atoms with Gasteiger partial charge in [0.15, 0.2) is 4.67 Å². The zero-order valence-electron chi connectivity index (χ0n) is 8.80. The first-order chi connectivity index (χ1) is 7.15. The van der Waals surface area contributed by atoms with E-state index in [1.54, 1.807) is 0 Å². The molecular formula is C11H16Br2O2. The molecule has 1 atom stereocenters. The van der Waals surface area contributed by atoms with Gasteiger partial charge < -0.3 is 9.52 Å². The predicted octanol–water partition coefficient (Wildman–Crippen LogP) is 4.81. The summed E-state index contributed by atoms with van der Waals surface area (Å²) in [4.78, 5) is 0. The van der Waals surface area contributed by atoms with Crippen LogP contribution in [0.3, 0.4) is 0 Å². The molecule has 1 aromatic rings. The van der Waals surface area contributed by atoms with Crippen LogP contribution in [0.1, 0.15) is 50.9 Å². The third kappa shape index (κ3) is 4.29. The third-order valence-electron chi connectivity index (χ3n) is 2.32. The van der Waals surface area contributed by atoms with Gasteiger partial charge in [-0.15, -0.1) is 0 Å². The zero-order chi connectivity index (χ0) is 11.3. The molecule has 15 heavy (non-hydrogen) atoms. The van der Waals surface area contributed by atoms with Crippen LogP contribution >= 0.6 is 31.9 Å². The Labute approximate surface area is 107 Å². The van der Waals surface area contributed by atoms with E-state index in [0.29, 0.717) is 10.4 Å². The van der Waals surface area contributed by atoms with Gasteiger partial charge in [0.2, 0.25) is 0 Å². The van der Waals surface area contributed by atoms with Crippen LogP contribution in [0.2, 0.25) is 0 Å². The Kier molecular flexibility index (Phi) is 5.94. The van der Waals surface area contributed by atoms with E-state index in [0.717, 1.165) is 17.3 Å². The minimum atomic E-state index is -0.482. The van der Waals surface area contributed by atoms with E-state index >= 15 is 0 Å². The van der Waals surface area contributed by atoms with Crippen LogP contribution in [-0.2, 0) is 0 Å². The first-order valence-electron chi connectivity index (χ1n) is 5.28. The monoisotopic (exact) mass is 338 g/mol. The fourth-order valence-corrected chi connectivity index (χ4v) is 2.04. The molecule has 1 rings (SSSR count). The topological polar surface area (TPSA) is 33.4 Å². The van der Waals surface area contributed by atoms with Crippen molar-refractivity contribution in [1.82, 2.24) is 0 Å². The maximum Gasteiger partial charge on any atom is 0.183 e. The summed E-state index contributed by atoms with van der Waals surface area (Å²) < 4.78 is 6.85. The second-order valence-electron chi connectivity index (χ2n) is 3.64. The SMILES string of the molecule is CCCCCCC(O)c1cc(Br)c(Br)o1. The first-order valence-corrected chi connectivity index (χ1v) is 6.86. The van der Waals surface area contributed by atoms with Crippen LogP contribution in [0.25, 0.3) is 0 Å². The number of hydrogen-bond donors (Lipinski definition) is 1. The van der Waals surface area contributed by atoms with E-state index in [-0.39, 0.29) is 0 Å². The van der Waals surface area contributed by atoms with Crippen LogP contribution in [0, 0.1) is 0 Å². The number of aliphatic hydroxyl groups is 1. The van der Waals surface area contributed by atoms with Crippen molar-refractivity contribution in [3.63, 3.8) is 0 Å². The van der Waals surface area contributed by atoms with Gasteiger partial charge in [-0.3, -0.25) is 0 Å². The van der Waals surface area contributed by atoms with Crippen molar-refractivity contribution in [3.8, 4) is 0 Å². The number of unbranched alkanes of at least 4 members (excludes halogenated alkanes) is 3. The maximum absolute atomic E-state index is 9.82. The smallest absolute Gasteiger partial charge is 0.183 e. The van der Waals surface area contributed by atoms with E-state index in [4.69, 9.17) is 4.42 Å². The van der Waals surface area contributed by atoms with Gasteiger partial charge in [0.25, 0.3) is 0 Å². The molecule has 0 saturated heterocycles. The molecule has 0 saturated carbocycles. The number of hydrogen-bond acceptors (Lipinski definition) is 2. The van der Waals surface area contributed by atoms with E-state index < -0.39 is 6.10 Å². The molecular weight excluding hydrogens is 324 g/mol. The zero-order valence-corrected chi connectivity index (χ0v) is 12.0. The highest BCUT2D eigenvalue weighted by molar-refractivity contribution is 9.13. The van der Waals surface area contributed by atoms with E-state index in [2.05, 4.69) is 38.8 Å². The van der Waals surface area contributed by atoms with Gasteiger partial charge in [-0.25, -0.2) is 0 Å². The lowest BCUT2D eigenvalue weighted by molar-refractivity contribution is 0.135. The lowest BCUT2D eigenvalue weighted by Gasteiger charge is -2.06. The number of aliphatic hydroxyl groups excluding tert-OH is 1. The van der Waals surface area contributed by atoms with Crippen LogP contribution in [0.4, 0.5) is 0 Å². The standard InChI is InChI=1S/C11H16Br2O2/c1-2-3-4-5-6-9(14)10-7-8(12)11(13)15-10/h7,9,14H,2-6H2,1H3. The summed E-state index contributed by atoms with van der Waals surface area (Å²) in [5, 5.41) is 9.82. The molecule has 0 aliphatic heterocycles. The van der Waals surface area contributed by atoms with Gasteiger partial charge >= 0.3 is 0 Å². The molecule has 0 aliphatic rings. The highest BCUT2D eigenvalue weighted by Crippen LogP contribution is 2.31. The number of furan rings is 1. The van der Waals surface area contributed by atoms with Crippen molar-refractivity contribution in [2.24, 2.45) is 0 Å². The van der Waals surface area contributed by atoms with Gasteiger partial charge in [0.1, 0.15) is 11.9 Å². The Morgan fingerprint density at radius 3 is 2.60 bits per heavy atom. The fourth-order valence-electron chi connectivity index (χ4n) is 1.43. The van der Waals surface area contributed by atoms with Crippen LogP contribution in [0.15, 0.2) is 19.6 Å². The number of rotatable bonds is 6. The highest BCUT2D eigenvalue weighted by atomic mass is 79.9. The molecule has 0 bridgehead atoms. The maximum atomic E-state index is 9.82. The Morgan fingerprint density at radius 1 is 1.33 bits per heavy atom. The summed E-state index contributed by atoms with van der Waals surface area (Å²) in [6.07, 6.45) is 4.96. The van der Waals surface area contributed by atoms with Crippen molar-refractivity contribution >= 4 is 31.9 Å². The Bertz CT molecular complexity index is 277.